The number of aromatic nitrogens is 2. The van der Waals surface area contributed by atoms with Crippen molar-refractivity contribution >= 4 is 28.9 Å². The van der Waals surface area contributed by atoms with Crippen molar-refractivity contribution in [3.8, 4) is 11.3 Å². The molecule has 1 aliphatic heterocycles. The van der Waals surface area contributed by atoms with E-state index in [1.54, 1.807) is 6.20 Å². The van der Waals surface area contributed by atoms with E-state index in [1.165, 1.54) is 0 Å². The van der Waals surface area contributed by atoms with Gasteiger partial charge in [0, 0.05) is 41.8 Å². The van der Waals surface area contributed by atoms with E-state index in [-0.39, 0.29) is 18.9 Å². The minimum Gasteiger partial charge on any atom is -0.395 e. The van der Waals surface area contributed by atoms with Crippen LogP contribution in [0.15, 0.2) is 48.7 Å². The van der Waals surface area contributed by atoms with E-state index < -0.39 is 0 Å². The monoisotopic (exact) mass is 403 g/mol. The van der Waals surface area contributed by atoms with Crippen LogP contribution in [-0.2, 0) is 11.2 Å². The average Bonchev–Trinajstić information content (AvgIpc) is 2.88. The number of nitrogens with one attached hydrogen (secondary N) is 2. The number of aryl methyl sites for hydroxylation is 1. The Labute approximate surface area is 175 Å². The largest absolute Gasteiger partial charge is 0.395 e. The van der Waals surface area contributed by atoms with Gasteiger partial charge in [0.25, 0.3) is 0 Å². The summed E-state index contributed by atoms with van der Waals surface area (Å²) in [7, 11) is 0. The van der Waals surface area contributed by atoms with Gasteiger partial charge in [-0.2, -0.15) is 0 Å². The van der Waals surface area contributed by atoms with Crippen LogP contribution >= 0.6 is 0 Å². The molecule has 2 heterocycles. The van der Waals surface area contributed by atoms with Crippen molar-refractivity contribution < 1.29 is 9.90 Å². The highest BCUT2D eigenvalue weighted by atomic mass is 16.3. The highest BCUT2D eigenvalue weighted by Gasteiger charge is 2.20. The van der Waals surface area contributed by atoms with Crippen LogP contribution in [0.25, 0.3) is 11.3 Å². The van der Waals surface area contributed by atoms with Gasteiger partial charge in [0.2, 0.25) is 11.9 Å². The van der Waals surface area contributed by atoms with E-state index in [0.29, 0.717) is 12.5 Å². The standard InChI is InChI=1S/C23H25N5O2/c1-3-28(10-11-29)17-8-9-19(15(2)12-17)26-23-24-14-16-13-21(30)25-20-7-5-4-6-18(20)22(16)27-23/h4-9,12,14,29H,3,10-11,13H2,1-2H3,(H,25,30)(H,24,26,27). The zero-order valence-corrected chi connectivity index (χ0v) is 17.1. The van der Waals surface area contributed by atoms with E-state index in [0.717, 1.165) is 46.0 Å². The number of aliphatic hydroxyl groups is 1. The van der Waals surface area contributed by atoms with Gasteiger partial charge < -0.3 is 20.6 Å². The predicted octanol–water partition coefficient (Wildman–Crippen LogP) is 3.51. The topological polar surface area (TPSA) is 90.4 Å². The van der Waals surface area contributed by atoms with Crippen LogP contribution in [0.5, 0.6) is 0 Å². The van der Waals surface area contributed by atoms with Crippen LogP contribution < -0.4 is 15.5 Å². The molecule has 0 radical (unpaired) electrons. The molecule has 3 aromatic rings. The Morgan fingerprint density at radius 1 is 1.23 bits per heavy atom. The molecule has 0 bridgehead atoms. The quantitative estimate of drug-likeness (QED) is 0.584. The van der Waals surface area contributed by atoms with Crippen LogP contribution in [-0.4, -0.2) is 40.7 Å². The number of benzene rings is 2. The highest BCUT2D eigenvalue weighted by Crippen LogP contribution is 2.33. The zero-order valence-electron chi connectivity index (χ0n) is 17.1. The summed E-state index contributed by atoms with van der Waals surface area (Å²) in [6.45, 7) is 5.64. The third-order valence-corrected chi connectivity index (χ3v) is 5.25. The molecule has 0 unspecified atom stereocenters. The summed E-state index contributed by atoms with van der Waals surface area (Å²) in [6.07, 6.45) is 1.96. The number of hydrogen-bond acceptors (Lipinski definition) is 6. The van der Waals surface area contributed by atoms with Crippen molar-refractivity contribution in [1.29, 1.82) is 0 Å². The number of carbonyl (C=O) groups is 1. The maximum atomic E-state index is 12.2. The van der Waals surface area contributed by atoms with E-state index in [1.807, 2.05) is 43.3 Å². The van der Waals surface area contributed by atoms with Crippen molar-refractivity contribution in [2.75, 3.05) is 35.2 Å². The number of anilines is 4. The van der Waals surface area contributed by atoms with Gasteiger partial charge in [0.05, 0.1) is 24.4 Å². The first-order valence-electron chi connectivity index (χ1n) is 10.1. The Morgan fingerprint density at radius 2 is 2.07 bits per heavy atom. The summed E-state index contributed by atoms with van der Waals surface area (Å²) in [5.41, 5.74) is 6.24. The maximum Gasteiger partial charge on any atom is 0.228 e. The van der Waals surface area contributed by atoms with Crippen molar-refractivity contribution in [1.82, 2.24) is 9.97 Å². The van der Waals surface area contributed by atoms with Crippen LogP contribution in [0, 0.1) is 6.92 Å². The Hall–Kier alpha value is -3.45. The molecule has 3 N–H and O–H groups in total. The van der Waals surface area contributed by atoms with Gasteiger partial charge in [0.15, 0.2) is 0 Å². The first kappa shape index (κ1) is 19.8. The van der Waals surface area contributed by atoms with E-state index in [2.05, 4.69) is 33.5 Å². The summed E-state index contributed by atoms with van der Waals surface area (Å²) >= 11 is 0. The van der Waals surface area contributed by atoms with Crippen LogP contribution in [0.4, 0.5) is 23.0 Å². The van der Waals surface area contributed by atoms with Gasteiger partial charge in [-0.3, -0.25) is 4.79 Å². The molecule has 0 atom stereocenters. The molecule has 0 saturated carbocycles. The molecule has 0 saturated heterocycles. The number of fused-ring (bicyclic) bond motifs is 3. The molecule has 0 spiro atoms. The first-order valence-corrected chi connectivity index (χ1v) is 10.1. The number of nitrogens with zero attached hydrogens (tertiary/aromatic N) is 3. The number of para-hydroxylation sites is 1. The molecule has 30 heavy (non-hydrogen) atoms. The molecule has 4 rings (SSSR count). The fourth-order valence-corrected chi connectivity index (χ4v) is 3.69. The van der Waals surface area contributed by atoms with Gasteiger partial charge in [0.1, 0.15) is 0 Å². The van der Waals surface area contributed by atoms with Crippen LogP contribution in [0.1, 0.15) is 18.1 Å². The fourth-order valence-electron chi connectivity index (χ4n) is 3.69. The lowest BCUT2D eigenvalue weighted by molar-refractivity contribution is -0.115. The first-order chi connectivity index (χ1) is 14.6. The molecule has 7 heteroatoms. The highest BCUT2D eigenvalue weighted by molar-refractivity contribution is 5.99. The average molecular weight is 403 g/mol. The van der Waals surface area contributed by atoms with Gasteiger partial charge in [-0.05, 0) is 43.7 Å². The summed E-state index contributed by atoms with van der Waals surface area (Å²) in [5, 5.41) is 15.5. The predicted molar refractivity (Wildman–Crippen MR) is 119 cm³/mol. The van der Waals surface area contributed by atoms with Crippen molar-refractivity contribution in [2.45, 2.75) is 20.3 Å². The van der Waals surface area contributed by atoms with Crippen LogP contribution in [0.2, 0.25) is 0 Å². The number of likely N-dealkylation sites (N-methyl/N-ethyl adjacent to an activating group) is 1. The van der Waals surface area contributed by atoms with Gasteiger partial charge in [-0.15, -0.1) is 0 Å². The normalized spacial score (nSPS) is 12.4. The van der Waals surface area contributed by atoms with Crippen molar-refractivity contribution in [2.24, 2.45) is 0 Å². The lowest BCUT2D eigenvalue weighted by atomic mass is 10.1. The second kappa shape index (κ2) is 8.51. The zero-order chi connectivity index (χ0) is 21.1. The Kier molecular flexibility index (Phi) is 5.63. The van der Waals surface area contributed by atoms with E-state index >= 15 is 0 Å². The number of amides is 1. The fraction of sp³-hybridized carbons (Fsp3) is 0.261. The molecular formula is C23H25N5O2. The molecule has 0 fully saturated rings. The van der Waals surface area contributed by atoms with Gasteiger partial charge in [-0.25, -0.2) is 9.97 Å². The lowest BCUT2D eigenvalue weighted by Crippen LogP contribution is -2.26. The molecule has 1 aliphatic rings. The number of aliphatic hydroxyl groups excluding tert-OH is 1. The second-order valence-corrected chi connectivity index (χ2v) is 7.27. The van der Waals surface area contributed by atoms with Gasteiger partial charge in [-0.1, -0.05) is 18.2 Å². The number of hydrogen-bond donors (Lipinski definition) is 3. The van der Waals surface area contributed by atoms with Crippen molar-refractivity contribution in [3.05, 3.63) is 59.8 Å². The lowest BCUT2D eigenvalue weighted by Gasteiger charge is -2.23. The number of rotatable bonds is 6. The summed E-state index contributed by atoms with van der Waals surface area (Å²) < 4.78 is 0. The third kappa shape index (κ3) is 3.97. The summed E-state index contributed by atoms with van der Waals surface area (Å²) in [4.78, 5) is 23.5. The molecule has 1 aromatic heterocycles. The molecule has 2 aromatic carbocycles. The minimum absolute atomic E-state index is 0.0692. The Balaban J connectivity index is 1.65. The van der Waals surface area contributed by atoms with Gasteiger partial charge >= 0.3 is 0 Å². The minimum atomic E-state index is -0.0692. The van der Waals surface area contributed by atoms with E-state index in [9.17, 15) is 9.90 Å². The molecule has 154 valence electrons. The SMILES string of the molecule is CCN(CCO)c1ccc(Nc2ncc3c(n2)-c2ccccc2NC(=O)C3)c(C)c1. The summed E-state index contributed by atoms with van der Waals surface area (Å²) in [6, 6.07) is 13.8. The van der Waals surface area contributed by atoms with Crippen molar-refractivity contribution in [3.63, 3.8) is 0 Å². The summed E-state index contributed by atoms with van der Waals surface area (Å²) in [5.74, 6) is 0.414. The molecule has 1 amide bonds. The smallest absolute Gasteiger partial charge is 0.228 e. The molecular weight excluding hydrogens is 378 g/mol. The maximum absolute atomic E-state index is 12.2. The van der Waals surface area contributed by atoms with E-state index in [4.69, 9.17) is 4.98 Å². The van der Waals surface area contributed by atoms with Crippen LogP contribution in [0.3, 0.4) is 0 Å². The second-order valence-electron chi connectivity index (χ2n) is 7.27. The molecule has 0 aliphatic carbocycles. The Bertz CT molecular complexity index is 1080. The molecule has 7 nitrogen and oxygen atoms in total. The number of carbonyl (C=O) groups excluding carboxylic acids is 1. The Morgan fingerprint density at radius 3 is 2.83 bits per heavy atom. The third-order valence-electron chi connectivity index (χ3n) is 5.25.